The third kappa shape index (κ3) is 3.73. The summed E-state index contributed by atoms with van der Waals surface area (Å²) in [6, 6.07) is 6.36. The van der Waals surface area contributed by atoms with E-state index in [1.54, 1.807) is 0 Å². The molecule has 21 heavy (non-hydrogen) atoms. The number of rotatable bonds is 4. The molecule has 3 N–H and O–H groups in total. The van der Waals surface area contributed by atoms with E-state index in [0.717, 1.165) is 25.8 Å². The van der Waals surface area contributed by atoms with Crippen molar-refractivity contribution in [3.63, 3.8) is 0 Å². The highest BCUT2D eigenvalue weighted by atomic mass is 32.2. The van der Waals surface area contributed by atoms with E-state index in [4.69, 9.17) is 11.0 Å². The van der Waals surface area contributed by atoms with E-state index < -0.39 is 10.0 Å². The lowest BCUT2D eigenvalue weighted by Gasteiger charge is -2.32. The van der Waals surface area contributed by atoms with Crippen molar-refractivity contribution in [3.05, 3.63) is 23.8 Å². The second kappa shape index (κ2) is 6.43. The molecule has 1 saturated heterocycles. The number of piperidine rings is 1. The van der Waals surface area contributed by atoms with E-state index in [1.807, 2.05) is 13.1 Å². The number of nitrogens with zero attached hydrogens (tertiary/aromatic N) is 2. The van der Waals surface area contributed by atoms with E-state index in [2.05, 4.69) is 9.62 Å². The van der Waals surface area contributed by atoms with Gasteiger partial charge in [0.2, 0.25) is 10.0 Å². The van der Waals surface area contributed by atoms with E-state index in [9.17, 15) is 8.42 Å². The number of sulfonamides is 1. The molecule has 2 rings (SSSR count). The fourth-order valence-electron chi connectivity index (χ4n) is 2.55. The van der Waals surface area contributed by atoms with Crippen molar-refractivity contribution in [2.24, 2.45) is 0 Å². The van der Waals surface area contributed by atoms with Gasteiger partial charge in [-0.05, 0) is 44.6 Å². The van der Waals surface area contributed by atoms with E-state index in [1.165, 1.54) is 18.2 Å². The van der Waals surface area contributed by atoms with Gasteiger partial charge in [-0.25, -0.2) is 13.1 Å². The van der Waals surface area contributed by atoms with Gasteiger partial charge >= 0.3 is 0 Å². The second-order valence-electron chi connectivity index (χ2n) is 5.35. The van der Waals surface area contributed by atoms with Crippen molar-refractivity contribution in [1.82, 2.24) is 9.62 Å². The Morgan fingerprint density at radius 1 is 1.48 bits per heavy atom. The van der Waals surface area contributed by atoms with E-state index in [0.29, 0.717) is 12.1 Å². The van der Waals surface area contributed by atoms with Crippen molar-refractivity contribution >= 4 is 15.7 Å². The zero-order chi connectivity index (χ0) is 15.5. The molecule has 1 fully saturated rings. The van der Waals surface area contributed by atoms with Crippen LogP contribution >= 0.6 is 0 Å². The zero-order valence-electron chi connectivity index (χ0n) is 12.0. The number of benzene rings is 1. The number of nitrogen functional groups attached to an aromatic ring is 1. The lowest BCUT2D eigenvalue weighted by molar-refractivity contribution is 0.187. The fourth-order valence-corrected chi connectivity index (χ4v) is 3.73. The van der Waals surface area contributed by atoms with Gasteiger partial charge in [0.05, 0.1) is 17.3 Å². The molecule has 0 aromatic heterocycles. The molecule has 0 spiro atoms. The molecule has 1 aromatic rings. The Bertz CT molecular complexity index is 651. The van der Waals surface area contributed by atoms with Crippen molar-refractivity contribution in [2.75, 3.05) is 25.9 Å². The topological polar surface area (TPSA) is 99.2 Å². The van der Waals surface area contributed by atoms with Crippen LogP contribution in [0.3, 0.4) is 0 Å². The van der Waals surface area contributed by atoms with Crippen LogP contribution in [-0.4, -0.2) is 39.5 Å². The highest BCUT2D eigenvalue weighted by molar-refractivity contribution is 7.89. The Labute approximate surface area is 125 Å². The molecule has 1 atom stereocenters. The van der Waals surface area contributed by atoms with Gasteiger partial charge < -0.3 is 10.6 Å². The van der Waals surface area contributed by atoms with Gasteiger partial charge in [0, 0.05) is 12.6 Å². The molecule has 1 aliphatic rings. The molecule has 0 bridgehead atoms. The van der Waals surface area contributed by atoms with Crippen molar-refractivity contribution in [2.45, 2.75) is 30.2 Å². The number of hydrogen-bond acceptors (Lipinski definition) is 5. The maximum absolute atomic E-state index is 12.3. The third-order valence-electron chi connectivity index (χ3n) is 3.86. The Balaban J connectivity index is 2.10. The Kier molecular flexibility index (Phi) is 4.83. The number of likely N-dealkylation sites (tertiary alicyclic amines) is 1. The molecule has 7 heteroatoms. The minimum atomic E-state index is -3.65. The van der Waals surface area contributed by atoms with Crippen molar-refractivity contribution < 1.29 is 8.42 Å². The average molecular weight is 308 g/mol. The summed E-state index contributed by atoms with van der Waals surface area (Å²) in [6.07, 6.45) is 3.26. The summed E-state index contributed by atoms with van der Waals surface area (Å²) in [6.45, 7) is 1.36. The molecular formula is C14H20N4O2S. The molecule has 1 heterocycles. The van der Waals surface area contributed by atoms with Gasteiger partial charge in [0.1, 0.15) is 4.90 Å². The smallest absolute Gasteiger partial charge is 0.242 e. The quantitative estimate of drug-likeness (QED) is 0.805. The summed E-state index contributed by atoms with van der Waals surface area (Å²) in [4.78, 5) is 2.20. The summed E-state index contributed by atoms with van der Waals surface area (Å²) in [5.41, 5.74) is 6.18. The lowest BCUT2D eigenvalue weighted by atomic mass is 10.0. The molecule has 114 valence electrons. The molecule has 1 aromatic carbocycles. The average Bonchev–Trinajstić information content (AvgIpc) is 2.46. The summed E-state index contributed by atoms with van der Waals surface area (Å²) in [7, 11) is -1.64. The third-order valence-corrected chi connectivity index (χ3v) is 5.36. The number of hydrogen-bond donors (Lipinski definition) is 2. The summed E-state index contributed by atoms with van der Waals surface area (Å²) in [5, 5.41) is 8.78. The standard InChI is InChI=1S/C14H20N4O2S/c1-18-7-3-2-4-12(18)10-17-21(19,20)14-6-5-11(9-15)8-13(14)16/h5-6,8,12,17H,2-4,7,10,16H2,1H3. The van der Waals surface area contributed by atoms with Crippen LogP contribution in [0.25, 0.3) is 0 Å². The summed E-state index contributed by atoms with van der Waals surface area (Å²) < 4.78 is 27.2. The van der Waals surface area contributed by atoms with Gasteiger partial charge in [-0.15, -0.1) is 0 Å². The minimum Gasteiger partial charge on any atom is -0.398 e. The predicted molar refractivity (Wildman–Crippen MR) is 81.0 cm³/mol. The molecule has 6 nitrogen and oxygen atoms in total. The first kappa shape index (κ1) is 15.8. The molecule has 1 unspecified atom stereocenters. The van der Waals surface area contributed by atoms with Gasteiger partial charge in [0.15, 0.2) is 0 Å². The highest BCUT2D eigenvalue weighted by Gasteiger charge is 2.23. The summed E-state index contributed by atoms with van der Waals surface area (Å²) in [5.74, 6) is 0. The van der Waals surface area contributed by atoms with Gasteiger partial charge in [0.25, 0.3) is 0 Å². The van der Waals surface area contributed by atoms with Crippen molar-refractivity contribution in [1.29, 1.82) is 5.26 Å². The SMILES string of the molecule is CN1CCCCC1CNS(=O)(=O)c1ccc(C#N)cc1N. The second-order valence-corrected chi connectivity index (χ2v) is 7.08. The fraction of sp³-hybridized carbons (Fsp3) is 0.500. The maximum Gasteiger partial charge on any atom is 0.242 e. The van der Waals surface area contributed by atoms with Crippen LogP contribution in [0.15, 0.2) is 23.1 Å². The first-order chi connectivity index (χ1) is 9.94. The molecule has 0 amide bonds. The van der Waals surface area contributed by atoms with Crippen LogP contribution < -0.4 is 10.5 Å². The minimum absolute atomic E-state index is 0.0277. The normalized spacial score (nSPS) is 20.1. The van der Waals surface area contributed by atoms with Crippen LogP contribution in [0.4, 0.5) is 5.69 Å². The van der Waals surface area contributed by atoms with Gasteiger partial charge in [-0.1, -0.05) is 6.42 Å². The number of likely N-dealkylation sites (N-methyl/N-ethyl adjacent to an activating group) is 1. The first-order valence-electron chi connectivity index (χ1n) is 6.93. The first-order valence-corrected chi connectivity index (χ1v) is 8.42. The van der Waals surface area contributed by atoms with Crippen LogP contribution in [0.5, 0.6) is 0 Å². The molecular weight excluding hydrogens is 288 g/mol. The van der Waals surface area contributed by atoms with Crippen LogP contribution in [0.2, 0.25) is 0 Å². The zero-order valence-corrected chi connectivity index (χ0v) is 12.9. The van der Waals surface area contributed by atoms with Crippen LogP contribution in [-0.2, 0) is 10.0 Å². The largest absolute Gasteiger partial charge is 0.398 e. The van der Waals surface area contributed by atoms with Crippen molar-refractivity contribution in [3.8, 4) is 6.07 Å². The van der Waals surface area contributed by atoms with Crippen LogP contribution in [0.1, 0.15) is 24.8 Å². The molecule has 0 saturated carbocycles. The number of anilines is 1. The van der Waals surface area contributed by atoms with Gasteiger partial charge in [-0.3, -0.25) is 0 Å². The number of nitrogens with two attached hydrogens (primary N) is 1. The Morgan fingerprint density at radius 3 is 2.86 bits per heavy atom. The Hall–Kier alpha value is -1.62. The van der Waals surface area contributed by atoms with E-state index in [-0.39, 0.29) is 16.6 Å². The molecule has 1 aliphatic heterocycles. The lowest BCUT2D eigenvalue weighted by Crippen LogP contribution is -2.44. The number of nitrogens with one attached hydrogen (secondary N) is 1. The van der Waals surface area contributed by atoms with Crippen LogP contribution in [0, 0.1) is 11.3 Å². The summed E-state index contributed by atoms with van der Waals surface area (Å²) >= 11 is 0. The van der Waals surface area contributed by atoms with Gasteiger partial charge in [-0.2, -0.15) is 5.26 Å². The monoisotopic (exact) mass is 308 g/mol. The Morgan fingerprint density at radius 2 is 2.24 bits per heavy atom. The van der Waals surface area contributed by atoms with E-state index >= 15 is 0 Å². The number of nitriles is 1. The predicted octanol–water partition coefficient (Wildman–Crippen LogP) is 0.903. The highest BCUT2D eigenvalue weighted by Crippen LogP contribution is 2.20. The molecule has 0 aliphatic carbocycles. The maximum atomic E-state index is 12.3. The molecule has 0 radical (unpaired) electrons.